The van der Waals surface area contributed by atoms with E-state index in [2.05, 4.69) is 11.9 Å². The number of carbonyl (C=O) groups excluding carboxylic acids is 1. The number of aliphatic carboxylic acids is 1. The van der Waals surface area contributed by atoms with Gasteiger partial charge in [0.1, 0.15) is 6.04 Å². The van der Waals surface area contributed by atoms with Crippen molar-refractivity contribution in [2.24, 2.45) is 0 Å². The number of rotatable bonds is 6. The summed E-state index contributed by atoms with van der Waals surface area (Å²) >= 11 is 0. The highest BCUT2D eigenvalue weighted by atomic mass is 16.4. The minimum absolute atomic E-state index is 0.0446. The normalized spacial score (nSPS) is 12.0. The molecule has 0 aliphatic heterocycles. The Kier molecular flexibility index (Phi) is 6.22. The smallest absolute Gasteiger partial charge is 0.326 e. The van der Waals surface area contributed by atoms with Gasteiger partial charge in [0, 0.05) is 12.6 Å². The molecule has 1 unspecified atom stereocenters. The fourth-order valence-corrected chi connectivity index (χ4v) is 1.36. The molecule has 0 radical (unpaired) electrons. The summed E-state index contributed by atoms with van der Waals surface area (Å²) < 4.78 is 0. The predicted octanol–water partition coefficient (Wildman–Crippen LogP) is 1.46. The molecule has 2 amide bonds. The highest BCUT2D eigenvalue weighted by Crippen LogP contribution is 2.01. The molecule has 0 fully saturated rings. The van der Waals surface area contributed by atoms with Crippen molar-refractivity contribution in [1.29, 1.82) is 0 Å². The van der Waals surface area contributed by atoms with E-state index in [0.717, 1.165) is 0 Å². The van der Waals surface area contributed by atoms with E-state index in [1.807, 2.05) is 20.8 Å². The maximum Gasteiger partial charge on any atom is 0.326 e. The van der Waals surface area contributed by atoms with E-state index in [-0.39, 0.29) is 18.5 Å². The van der Waals surface area contributed by atoms with Gasteiger partial charge in [-0.15, -0.1) is 6.58 Å². The van der Waals surface area contributed by atoms with Crippen molar-refractivity contribution in [2.45, 2.75) is 39.3 Å². The van der Waals surface area contributed by atoms with Crippen LogP contribution in [0, 0.1) is 0 Å². The van der Waals surface area contributed by atoms with E-state index < -0.39 is 12.0 Å². The van der Waals surface area contributed by atoms with Crippen LogP contribution in [0.25, 0.3) is 0 Å². The number of amides is 2. The maximum atomic E-state index is 11.7. The Morgan fingerprint density at radius 3 is 2.38 bits per heavy atom. The van der Waals surface area contributed by atoms with Gasteiger partial charge in [-0.1, -0.05) is 6.08 Å². The standard InChI is InChI=1S/C11H20N2O3/c1-5-7-9(10(14)15)12-11(16)13(6-2)8(3)4/h5,8-9H,1,6-7H2,2-4H3,(H,12,16)(H,14,15). The Bertz CT molecular complexity index is 264. The molecule has 0 saturated carbocycles. The van der Waals surface area contributed by atoms with E-state index in [9.17, 15) is 9.59 Å². The number of urea groups is 1. The molecule has 0 heterocycles. The quantitative estimate of drug-likeness (QED) is 0.676. The molecule has 0 saturated heterocycles. The summed E-state index contributed by atoms with van der Waals surface area (Å²) in [6.07, 6.45) is 1.70. The van der Waals surface area contributed by atoms with Crippen LogP contribution < -0.4 is 5.32 Å². The molecule has 0 bridgehead atoms. The first-order valence-electron chi connectivity index (χ1n) is 5.34. The molecule has 2 N–H and O–H groups in total. The molecule has 5 heteroatoms. The molecule has 0 aliphatic carbocycles. The predicted molar refractivity (Wildman–Crippen MR) is 62.3 cm³/mol. The average Bonchev–Trinajstić information content (AvgIpc) is 2.17. The van der Waals surface area contributed by atoms with Crippen LogP contribution in [0.1, 0.15) is 27.2 Å². The van der Waals surface area contributed by atoms with Gasteiger partial charge in [-0.25, -0.2) is 9.59 Å². The molecular formula is C11H20N2O3. The lowest BCUT2D eigenvalue weighted by molar-refractivity contribution is -0.139. The first-order valence-corrected chi connectivity index (χ1v) is 5.34. The number of carboxylic acid groups (broad SMARTS) is 1. The third kappa shape index (κ3) is 4.33. The van der Waals surface area contributed by atoms with Gasteiger partial charge in [0.25, 0.3) is 0 Å². The Morgan fingerprint density at radius 1 is 1.50 bits per heavy atom. The Hall–Kier alpha value is -1.52. The van der Waals surface area contributed by atoms with Crippen LogP contribution in [0.5, 0.6) is 0 Å². The average molecular weight is 228 g/mol. The lowest BCUT2D eigenvalue weighted by Crippen LogP contribution is -2.49. The van der Waals surface area contributed by atoms with Gasteiger partial charge in [0.2, 0.25) is 0 Å². The van der Waals surface area contributed by atoms with Crippen LogP contribution in [0.3, 0.4) is 0 Å². The van der Waals surface area contributed by atoms with Gasteiger partial charge in [0.15, 0.2) is 0 Å². The number of nitrogens with zero attached hydrogens (tertiary/aromatic N) is 1. The summed E-state index contributed by atoms with van der Waals surface area (Å²) in [5, 5.41) is 11.3. The fraction of sp³-hybridized carbons (Fsp3) is 0.636. The summed E-state index contributed by atoms with van der Waals surface area (Å²) in [4.78, 5) is 24.1. The number of nitrogens with one attached hydrogen (secondary N) is 1. The number of carboxylic acids is 1. The van der Waals surface area contributed by atoms with E-state index in [1.54, 1.807) is 4.90 Å². The molecule has 0 aromatic heterocycles. The van der Waals surface area contributed by atoms with Gasteiger partial charge < -0.3 is 15.3 Å². The Balaban J connectivity index is 4.49. The number of carbonyl (C=O) groups is 2. The zero-order chi connectivity index (χ0) is 12.7. The summed E-state index contributed by atoms with van der Waals surface area (Å²) in [6, 6.07) is -1.22. The van der Waals surface area contributed by atoms with Crippen LogP contribution in [0.2, 0.25) is 0 Å². The molecule has 0 spiro atoms. The number of hydrogen-bond donors (Lipinski definition) is 2. The largest absolute Gasteiger partial charge is 0.480 e. The molecule has 0 aromatic rings. The molecule has 0 aromatic carbocycles. The minimum atomic E-state index is -1.05. The van der Waals surface area contributed by atoms with Crippen LogP contribution in [0.15, 0.2) is 12.7 Å². The lowest BCUT2D eigenvalue weighted by Gasteiger charge is -2.26. The van der Waals surface area contributed by atoms with Crippen molar-refractivity contribution in [3.8, 4) is 0 Å². The van der Waals surface area contributed by atoms with Crippen molar-refractivity contribution >= 4 is 12.0 Å². The highest BCUT2D eigenvalue weighted by molar-refractivity contribution is 5.82. The van der Waals surface area contributed by atoms with Gasteiger partial charge >= 0.3 is 12.0 Å². The second-order valence-electron chi connectivity index (χ2n) is 3.74. The maximum absolute atomic E-state index is 11.7. The monoisotopic (exact) mass is 228 g/mol. The molecule has 16 heavy (non-hydrogen) atoms. The molecule has 5 nitrogen and oxygen atoms in total. The van der Waals surface area contributed by atoms with Crippen molar-refractivity contribution in [3.63, 3.8) is 0 Å². The third-order valence-electron chi connectivity index (χ3n) is 2.22. The summed E-state index contributed by atoms with van der Waals surface area (Å²) in [5.74, 6) is -1.05. The van der Waals surface area contributed by atoms with Crippen LogP contribution in [0.4, 0.5) is 4.79 Å². The van der Waals surface area contributed by atoms with Crippen LogP contribution in [-0.2, 0) is 4.79 Å². The second-order valence-corrected chi connectivity index (χ2v) is 3.74. The lowest BCUT2D eigenvalue weighted by atomic mass is 10.2. The highest BCUT2D eigenvalue weighted by Gasteiger charge is 2.22. The Labute approximate surface area is 96.1 Å². The van der Waals surface area contributed by atoms with Crippen molar-refractivity contribution < 1.29 is 14.7 Å². The number of hydrogen-bond acceptors (Lipinski definition) is 2. The SMILES string of the molecule is C=CCC(NC(=O)N(CC)C(C)C)C(=O)O. The van der Waals surface area contributed by atoms with Crippen molar-refractivity contribution in [1.82, 2.24) is 10.2 Å². The van der Waals surface area contributed by atoms with Gasteiger partial charge in [0.05, 0.1) is 0 Å². The van der Waals surface area contributed by atoms with E-state index in [0.29, 0.717) is 6.54 Å². The van der Waals surface area contributed by atoms with Crippen LogP contribution in [-0.4, -0.2) is 40.6 Å². The zero-order valence-electron chi connectivity index (χ0n) is 10.1. The van der Waals surface area contributed by atoms with Crippen LogP contribution >= 0.6 is 0 Å². The Morgan fingerprint density at radius 2 is 2.06 bits per heavy atom. The molecule has 1 atom stereocenters. The topological polar surface area (TPSA) is 69.6 Å². The minimum Gasteiger partial charge on any atom is -0.480 e. The van der Waals surface area contributed by atoms with Gasteiger partial charge in [-0.05, 0) is 27.2 Å². The first kappa shape index (κ1) is 14.5. The summed E-state index contributed by atoms with van der Waals surface area (Å²) in [5.41, 5.74) is 0. The summed E-state index contributed by atoms with van der Waals surface area (Å²) in [6.45, 7) is 9.62. The molecular weight excluding hydrogens is 208 g/mol. The van der Waals surface area contributed by atoms with E-state index in [1.165, 1.54) is 6.08 Å². The summed E-state index contributed by atoms with van der Waals surface area (Å²) in [7, 11) is 0. The molecule has 0 rings (SSSR count). The third-order valence-corrected chi connectivity index (χ3v) is 2.22. The zero-order valence-corrected chi connectivity index (χ0v) is 10.1. The van der Waals surface area contributed by atoms with Crippen molar-refractivity contribution in [3.05, 3.63) is 12.7 Å². The van der Waals surface area contributed by atoms with E-state index in [4.69, 9.17) is 5.11 Å². The van der Waals surface area contributed by atoms with Gasteiger partial charge in [-0.3, -0.25) is 0 Å². The first-order chi connectivity index (χ1) is 7.43. The van der Waals surface area contributed by atoms with Crippen molar-refractivity contribution in [2.75, 3.05) is 6.54 Å². The fourth-order valence-electron chi connectivity index (χ4n) is 1.36. The van der Waals surface area contributed by atoms with E-state index >= 15 is 0 Å². The molecule has 92 valence electrons. The van der Waals surface area contributed by atoms with Gasteiger partial charge in [-0.2, -0.15) is 0 Å². The molecule has 0 aliphatic rings. The second kappa shape index (κ2) is 6.87.